The average Bonchev–Trinajstić information content (AvgIpc) is 2.35. The molecule has 1 saturated heterocycles. The molecule has 2 nitrogen and oxygen atoms in total. The van der Waals surface area contributed by atoms with Crippen LogP contribution in [0.25, 0.3) is 0 Å². The van der Waals surface area contributed by atoms with Crippen molar-refractivity contribution in [2.45, 2.75) is 63.5 Å². The van der Waals surface area contributed by atoms with E-state index in [9.17, 15) is 0 Å². The van der Waals surface area contributed by atoms with Gasteiger partial charge in [-0.25, -0.2) is 0 Å². The predicted octanol–water partition coefficient (Wildman–Crippen LogP) is 2.13. The van der Waals surface area contributed by atoms with Gasteiger partial charge in [-0.15, -0.1) is 0 Å². The van der Waals surface area contributed by atoms with Crippen molar-refractivity contribution in [3.63, 3.8) is 0 Å². The van der Waals surface area contributed by atoms with Gasteiger partial charge in [0.15, 0.2) is 0 Å². The Bertz CT molecular complexity index is 217. The standard InChI is InChI=1S/C13H24N2/c14-11-7-12(8-11)15-9-13(10-15)5-3-1-2-4-6-13/h11-12H,1-10,14H2. The highest BCUT2D eigenvalue weighted by Crippen LogP contribution is 2.45. The van der Waals surface area contributed by atoms with Crippen molar-refractivity contribution in [3.05, 3.63) is 0 Å². The van der Waals surface area contributed by atoms with E-state index in [0.29, 0.717) is 6.04 Å². The molecule has 2 heteroatoms. The van der Waals surface area contributed by atoms with Gasteiger partial charge in [-0.05, 0) is 31.1 Å². The molecule has 0 unspecified atom stereocenters. The molecule has 15 heavy (non-hydrogen) atoms. The van der Waals surface area contributed by atoms with Crippen molar-refractivity contribution < 1.29 is 0 Å². The van der Waals surface area contributed by atoms with Gasteiger partial charge >= 0.3 is 0 Å². The summed E-state index contributed by atoms with van der Waals surface area (Å²) in [5.41, 5.74) is 6.60. The molecular formula is C13H24N2. The fourth-order valence-electron chi connectivity index (χ4n) is 3.80. The molecule has 0 atom stereocenters. The lowest BCUT2D eigenvalue weighted by Crippen LogP contribution is -2.64. The highest BCUT2D eigenvalue weighted by Gasteiger charge is 2.47. The number of hydrogen-bond acceptors (Lipinski definition) is 2. The maximum absolute atomic E-state index is 5.85. The van der Waals surface area contributed by atoms with E-state index in [2.05, 4.69) is 4.90 Å². The molecule has 3 aliphatic rings. The second-order valence-electron chi connectivity index (χ2n) is 6.20. The first-order valence-corrected chi connectivity index (χ1v) is 6.77. The van der Waals surface area contributed by atoms with E-state index in [-0.39, 0.29) is 0 Å². The van der Waals surface area contributed by atoms with Gasteiger partial charge in [-0.2, -0.15) is 0 Å². The summed E-state index contributed by atoms with van der Waals surface area (Å²) in [5, 5.41) is 0. The molecule has 1 heterocycles. The van der Waals surface area contributed by atoms with E-state index in [1.54, 1.807) is 0 Å². The summed E-state index contributed by atoms with van der Waals surface area (Å²) in [6, 6.07) is 1.37. The number of likely N-dealkylation sites (tertiary alicyclic amines) is 1. The molecule has 86 valence electrons. The largest absolute Gasteiger partial charge is 0.328 e. The van der Waals surface area contributed by atoms with Crippen LogP contribution in [0.1, 0.15) is 51.4 Å². The van der Waals surface area contributed by atoms with Crippen LogP contribution in [0.2, 0.25) is 0 Å². The smallest absolute Gasteiger partial charge is 0.0125 e. The first kappa shape index (κ1) is 10.1. The quantitative estimate of drug-likeness (QED) is 0.715. The molecule has 2 aliphatic carbocycles. The molecule has 3 rings (SSSR count). The van der Waals surface area contributed by atoms with Crippen LogP contribution >= 0.6 is 0 Å². The first-order valence-electron chi connectivity index (χ1n) is 6.77. The summed E-state index contributed by atoms with van der Waals surface area (Å²) < 4.78 is 0. The highest BCUT2D eigenvalue weighted by molar-refractivity contribution is 5.02. The SMILES string of the molecule is NC1CC(N2CC3(CCCCCC3)C2)C1. The normalized spacial score (nSPS) is 40.6. The molecular weight excluding hydrogens is 184 g/mol. The molecule has 0 aromatic carbocycles. The van der Waals surface area contributed by atoms with E-state index < -0.39 is 0 Å². The van der Waals surface area contributed by atoms with Gasteiger partial charge in [0.1, 0.15) is 0 Å². The lowest BCUT2D eigenvalue weighted by atomic mass is 9.70. The Morgan fingerprint density at radius 1 is 0.933 bits per heavy atom. The van der Waals surface area contributed by atoms with Gasteiger partial charge in [0.05, 0.1) is 0 Å². The average molecular weight is 208 g/mol. The second-order valence-corrected chi connectivity index (χ2v) is 6.20. The summed E-state index contributed by atoms with van der Waals surface area (Å²) in [6.45, 7) is 2.79. The van der Waals surface area contributed by atoms with Gasteiger partial charge < -0.3 is 5.73 Å². The van der Waals surface area contributed by atoms with Crippen molar-refractivity contribution in [1.29, 1.82) is 0 Å². The lowest BCUT2D eigenvalue weighted by molar-refractivity contribution is -0.0663. The predicted molar refractivity (Wildman–Crippen MR) is 62.7 cm³/mol. The third kappa shape index (κ3) is 1.83. The molecule has 0 amide bonds. The van der Waals surface area contributed by atoms with E-state index >= 15 is 0 Å². The minimum Gasteiger partial charge on any atom is -0.328 e. The van der Waals surface area contributed by atoms with Crippen molar-refractivity contribution in [2.24, 2.45) is 11.1 Å². The molecule has 2 saturated carbocycles. The monoisotopic (exact) mass is 208 g/mol. The molecule has 3 fully saturated rings. The van der Waals surface area contributed by atoms with Crippen molar-refractivity contribution in [3.8, 4) is 0 Å². The number of nitrogens with two attached hydrogens (primary N) is 1. The first-order chi connectivity index (χ1) is 7.27. The van der Waals surface area contributed by atoms with Crippen LogP contribution in [0.5, 0.6) is 0 Å². The lowest BCUT2D eigenvalue weighted by Gasteiger charge is -2.56. The van der Waals surface area contributed by atoms with Crippen LogP contribution in [0.4, 0.5) is 0 Å². The third-order valence-electron chi connectivity index (χ3n) is 4.91. The van der Waals surface area contributed by atoms with E-state index in [0.717, 1.165) is 11.5 Å². The van der Waals surface area contributed by atoms with Crippen LogP contribution in [-0.4, -0.2) is 30.1 Å². The zero-order valence-electron chi connectivity index (χ0n) is 9.75. The number of rotatable bonds is 1. The van der Waals surface area contributed by atoms with Crippen molar-refractivity contribution in [1.82, 2.24) is 4.90 Å². The molecule has 1 spiro atoms. The Hall–Kier alpha value is -0.0800. The molecule has 0 aromatic heterocycles. The zero-order valence-corrected chi connectivity index (χ0v) is 9.75. The Morgan fingerprint density at radius 2 is 1.53 bits per heavy atom. The highest BCUT2D eigenvalue weighted by atomic mass is 15.2. The van der Waals surface area contributed by atoms with Gasteiger partial charge in [-0.1, -0.05) is 25.7 Å². The fraction of sp³-hybridized carbons (Fsp3) is 1.00. The van der Waals surface area contributed by atoms with Gasteiger partial charge in [-0.3, -0.25) is 4.90 Å². The maximum atomic E-state index is 5.85. The number of hydrogen-bond donors (Lipinski definition) is 1. The Morgan fingerprint density at radius 3 is 2.07 bits per heavy atom. The summed E-state index contributed by atoms with van der Waals surface area (Å²) in [6.07, 6.45) is 11.5. The zero-order chi connectivity index (χ0) is 10.3. The Balaban J connectivity index is 1.51. The van der Waals surface area contributed by atoms with E-state index in [1.165, 1.54) is 64.5 Å². The third-order valence-corrected chi connectivity index (χ3v) is 4.91. The van der Waals surface area contributed by atoms with Crippen LogP contribution in [-0.2, 0) is 0 Å². The van der Waals surface area contributed by atoms with Crippen LogP contribution in [0, 0.1) is 5.41 Å². The minimum absolute atomic E-state index is 0.515. The van der Waals surface area contributed by atoms with E-state index in [1.807, 2.05) is 0 Å². The maximum Gasteiger partial charge on any atom is 0.0125 e. The molecule has 1 aliphatic heterocycles. The Labute approximate surface area is 93.2 Å². The minimum atomic E-state index is 0.515. The summed E-state index contributed by atoms with van der Waals surface area (Å²) in [5.74, 6) is 0. The second kappa shape index (κ2) is 3.74. The summed E-state index contributed by atoms with van der Waals surface area (Å²) in [4.78, 5) is 2.70. The van der Waals surface area contributed by atoms with Gasteiger partial charge in [0.2, 0.25) is 0 Å². The van der Waals surface area contributed by atoms with Crippen LogP contribution < -0.4 is 5.73 Å². The molecule has 0 radical (unpaired) electrons. The van der Waals surface area contributed by atoms with Crippen molar-refractivity contribution in [2.75, 3.05) is 13.1 Å². The molecule has 0 bridgehead atoms. The molecule has 0 aromatic rings. The fourth-order valence-corrected chi connectivity index (χ4v) is 3.80. The Kier molecular flexibility index (Phi) is 2.52. The van der Waals surface area contributed by atoms with Gasteiger partial charge in [0.25, 0.3) is 0 Å². The topological polar surface area (TPSA) is 29.3 Å². The summed E-state index contributed by atoms with van der Waals surface area (Å²) >= 11 is 0. The number of nitrogens with zero attached hydrogens (tertiary/aromatic N) is 1. The molecule has 2 N–H and O–H groups in total. The van der Waals surface area contributed by atoms with Gasteiger partial charge in [0, 0.05) is 25.2 Å². The van der Waals surface area contributed by atoms with E-state index in [4.69, 9.17) is 5.73 Å². The van der Waals surface area contributed by atoms with Crippen molar-refractivity contribution >= 4 is 0 Å². The van der Waals surface area contributed by atoms with Crippen LogP contribution in [0.15, 0.2) is 0 Å². The van der Waals surface area contributed by atoms with Crippen LogP contribution in [0.3, 0.4) is 0 Å². The summed E-state index contributed by atoms with van der Waals surface area (Å²) in [7, 11) is 0.